The Morgan fingerprint density at radius 2 is 2.06 bits per heavy atom. The van der Waals surface area contributed by atoms with E-state index in [0.717, 1.165) is 44.5 Å². The zero-order valence-electron chi connectivity index (χ0n) is 10.7. The van der Waals surface area contributed by atoms with Gasteiger partial charge in [0, 0.05) is 23.7 Å². The predicted molar refractivity (Wildman–Crippen MR) is 70.5 cm³/mol. The number of aryl methyl sites for hydroxylation is 1. The summed E-state index contributed by atoms with van der Waals surface area (Å²) in [5, 5.41) is 13.3. The number of aliphatic hydroxyl groups excluding tert-OH is 1. The van der Waals surface area contributed by atoms with Gasteiger partial charge in [-0.1, -0.05) is 6.42 Å². The SMILES string of the molecule is OC1CCCC1CNc1ncnc2c1CCCC2. The summed E-state index contributed by atoms with van der Waals surface area (Å²) in [6.07, 6.45) is 9.41. The molecular weight excluding hydrogens is 226 g/mol. The van der Waals surface area contributed by atoms with E-state index in [-0.39, 0.29) is 6.10 Å². The highest BCUT2D eigenvalue weighted by molar-refractivity contribution is 5.47. The summed E-state index contributed by atoms with van der Waals surface area (Å²) in [5.41, 5.74) is 2.52. The fourth-order valence-corrected chi connectivity index (χ4v) is 3.16. The van der Waals surface area contributed by atoms with Gasteiger partial charge in [-0.3, -0.25) is 0 Å². The molecule has 2 N–H and O–H groups in total. The van der Waals surface area contributed by atoms with Crippen molar-refractivity contribution in [1.82, 2.24) is 9.97 Å². The standard InChI is InChI=1S/C14H21N3O/c18-13-7-3-4-10(13)8-15-14-11-5-1-2-6-12(11)16-9-17-14/h9-10,13,18H,1-8H2,(H,15,16,17). The number of hydrogen-bond donors (Lipinski definition) is 2. The van der Waals surface area contributed by atoms with Crippen LogP contribution in [0.5, 0.6) is 0 Å². The molecule has 1 saturated carbocycles. The third-order valence-electron chi connectivity index (χ3n) is 4.28. The van der Waals surface area contributed by atoms with Crippen molar-refractivity contribution in [1.29, 1.82) is 0 Å². The van der Waals surface area contributed by atoms with Crippen LogP contribution in [0.25, 0.3) is 0 Å². The highest BCUT2D eigenvalue weighted by Crippen LogP contribution is 2.28. The minimum absolute atomic E-state index is 0.129. The van der Waals surface area contributed by atoms with Crippen molar-refractivity contribution >= 4 is 5.82 Å². The van der Waals surface area contributed by atoms with Crippen LogP contribution in [-0.2, 0) is 12.8 Å². The van der Waals surface area contributed by atoms with Crippen LogP contribution in [0.15, 0.2) is 6.33 Å². The molecule has 1 fully saturated rings. The van der Waals surface area contributed by atoms with Gasteiger partial charge in [0.1, 0.15) is 12.1 Å². The van der Waals surface area contributed by atoms with Gasteiger partial charge in [0.25, 0.3) is 0 Å². The molecule has 1 aromatic rings. The lowest BCUT2D eigenvalue weighted by atomic mass is 9.96. The van der Waals surface area contributed by atoms with Crippen molar-refractivity contribution in [3.8, 4) is 0 Å². The van der Waals surface area contributed by atoms with Crippen molar-refractivity contribution in [3.63, 3.8) is 0 Å². The summed E-state index contributed by atoms with van der Waals surface area (Å²) in [6, 6.07) is 0. The molecule has 1 aromatic heterocycles. The molecule has 0 saturated heterocycles. The Morgan fingerprint density at radius 3 is 2.89 bits per heavy atom. The van der Waals surface area contributed by atoms with Gasteiger partial charge < -0.3 is 10.4 Å². The smallest absolute Gasteiger partial charge is 0.132 e. The maximum atomic E-state index is 9.83. The molecule has 0 aliphatic heterocycles. The van der Waals surface area contributed by atoms with Crippen molar-refractivity contribution in [2.24, 2.45) is 5.92 Å². The van der Waals surface area contributed by atoms with E-state index in [0.29, 0.717) is 5.92 Å². The van der Waals surface area contributed by atoms with Gasteiger partial charge in [-0.05, 0) is 38.5 Å². The molecule has 0 aromatic carbocycles. The fraction of sp³-hybridized carbons (Fsp3) is 0.714. The quantitative estimate of drug-likeness (QED) is 0.857. The van der Waals surface area contributed by atoms with Gasteiger partial charge >= 0.3 is 0 Å². The fourth-order valence-electron chi connectivity index (χ4n) is 3.16. The zero-order chi connectivity index (χ0) is 12.4. The number of fused-ring (bicyclic) bond motifs is 1. The number of hydrogen-bond acceptors (Lipinski definition) is 4. The average molecular weight is 247 g/mol. The first-order valence-corrected chi connectivity index (χ1v) is 7.09. The number of anilines is 1. The Morgan fingerprint density at radius 1 is 1.17 bits per heavy atom. The summed E-state index contributed by atoms with van der Waals surface area (Å²) in [6.45, 7) is 0.838. The van der Waals surface area contributed by atoms with E-state index in [1.54, 1.807) is 6.33 Å². The van der Waals surface area contributed by atoms with Crippen molar-refractivity contribution < 1.29 is 5.11 Å². The van der Waals surface area contributed by atoms with Crippen LogP contribution in [0.1, 0.15) is 43.4 Å². The largest absolute Gasteiger partial charge is 0.393 e. The number of nitrogens with zero attached hydrogens (tertiary/aromatic N) is 2. The second-order valence-corrected chi connectivity index (χ2v) is 5.49. The number of nitrogens with one attached hydrogen (secondary N) is 1. The molecule has 98 valence electrons. The lowest BCUT2D eigenvalue weighted by molar-refractivity contribution is 0.138. The van der Waals surface area contributed by atoms with Gasteiger partial charge in [0.2, 0.25) is 0 Å². The van der Waals surface area contributed by atoms with E-state index in [1.807, 2.05) is 0 Å². The first kappa shape index (κ1) is 11.9. The molecule has 2 aliphatic carbocycles. The summed E-state index contributed by atoms with van der Waals surface area (Å²) in [4.78, 5) is 8.75. The molecule has 3 rings (SSSR count). The monoisotopic (exact) mass is 247 g/mol. The zero-order valence-corrected chi connectivity index (χ0v) is 10.7. The Hall–Kier alpha value is -1.16. The first-order chi connectivity index (χ1) is 8.84. The van der Waals surface area contributed by atoms with E-state index in [4.69, 9.17) is 0 Å². The van der Waals surface area contributed by atoms with E-state index in [2.05, 4.69) is 15.3 Å². The molecule has 0 radical (unpaired) electrons. The summed E-state index contributed by atoms with van der Waals surface area (Å²) >= 11 is 0. The second kappa shape index (κ2) is 5.22. The molecule has 0 amide bonds. The molecule has 4 heteroatoms. The van der Waals surface area contributed by atoms with Crippen LogP contribution in [-0.4, -0.2) is 27.7 Å². The van der Waals surface area contributed by atoms with E-state index < -0.39 is 0 Å². The Bertz CT molecular complexity index is 422. The maximum Gasteiger partial charge on any atom is 0.132 e. The highest BCUT2D eigenvalue weighted by atomic mass is 16.3. The molecule has 4 nitrogen and oxygen atoms in total. The number of aliphatic hydroxyl groups is 1. The lowest BCUT2D eigenvalue weighted by Gasteiger charge is -2.20. The van der Waals surface area contributed by atoms with Crippen LogP contribution < -0.4 is 5.32 Å². The minimum atomic E-state index is -0.129. The third kappa shape index (κ3) is 2.34. The maximum absolute atomic E-state index is 9.83. The van der Waals surface area contributed by atoms with Crippen LogP contribution >= 0.6 is 0 Å². The van der Waals surface area contributed by atoms with Gasteiger partial charge in [-0.25, -0.2) is 9.97 Å². The molecule has 0 spiro atoms. The summed E-state index contributed by atoms with van der Waals surface area (Å²) in [5.74, 6) is 1.39. The topological polar surface area (TPSA) is 58.0 Å². The van der Waals surface area contributed by atoms with Gasteiger partial charge in [-0.2, -0.15) is 0 Å². The van der Waals surface area contributed by atoms with Crippen molar-refractivity contribution in [2.75, 3.05) is 11.9 Å². The molecule has 2 atom stereocenters. The highest BCUT2D eigenvalue weighted by Gasteiger charge is 2.25. The molecule has 2 aliphatic rings. The first-order valence-electron chi connectivity index (χ1n) is 7.09. The van der Waals surface area contributed by atoms with Crippen LogP contribution in [0.4, 0.5) is 5.82 Å². The van der Waals surface area contributed by atoms with Crippen LogP contribution in [0.3, 0.4) is 0 Å². The molecular formula is C14H21N3O. The van der Waals surface area contributed by atoms with E-state index in [9.17, 15) is 5.11 Å². The van der Waals surface area contributed by atoms with Gasteiger partial charge in [0.05, 0.1) is 6.10 Å². The molecule has 1 heterocycles. The molecule has 0 bridgehead atoms. The Kier molecular flexibility index (Phi) is 3.46. The molecule has 2 unspecified atom stereocenters. The van der Waals surface area contributed by atoms with Crippen molar-refractivity contribution in [2.45, 2.75) is 51.0 Å². The number of rotatable bonds is 3. The predicted octanol–water partition coefficient (Wildman–Crippen LogP) is 1.93. The van der Waals surface area contributed by atoms with Crippen LogP contribution in [0, 0.1) is 5.92 Å². The minimum Gasteiger partial charge on any atom is -0.393 e. The third-order valence-corrected chi connectivity index (χ3v) is 4.28. The summed E-state index contributed by atoms with van der Waals surface area (Å²) in [7, 11) is 0. The summed E-state index contributed by atoms with van der Waals surface area (Å²) < 4.78 is 0. The van der Waals surface area contributed by atoms with Crippen LogP contribution in [0.2, 0.25) is 0 Å². The van der Waals surface area contributed by atoms with E-state index in [1.165, 1.54) is 24.1 Å². The molecule has 18 heavy (non-hydrogen) atoms. The normalized spacial score (nSPS) is 26.9. The Labute approximate surface area is 108 Å². The Balaban J connectivity index is 1.69. The van der Waals surface area contributed by atoms with Gasteiger partial charge in [-0.15, -0.1) is 0 Å². The van der Waals surface area contributed by atoms with Crippen molar-refractivity contribution in [3.05, 3.63) is 17.6 Å². The lowest BCUT2D eigenvalue weighted by Crippen LogP contribution is -2.23. The van der Waals surface area contributed by atoms with E-state index >= 15 is 0 Å². The average Bonchev–Trinajstić information content (AvgIpc) is 2.82. The number of aromatic nitrogens is 2. The van der Waals surface area contributed by atoms with Gasteiger partial charge in [0.15, 0.2) is 0 Å². The second-order valence-electron chi connectivity index (χ2n) is 5.49.